The molecule has 0 N–H and O–H groups in total. The fraction of sp³-hybridized carbons (Fsp3) is 0.938. The molecule has 0 radical (unpaired) electrons. The van der Waals surface area contributed by atoms with Gasteiger partial charge < -0.3 is 14.2 Å². The van der Waals surface area contributed by atoms with E-state index in [-0.39, 0.29) is 32.8 Å². The first-order valence-electron chi connectivity index (χ1n) is 9.03. The van der Waals surface area contributed by atoms with Crippen LogP contribution in [0.4, 0.5) is 52.7 Å². The average molecular weight is 517 g/mol. The van der Waals surface area contributed by atoms with Gasteiger partial charge in [0.05, 0.1) is 19.8 Å². The van der Waals surface area contributed by atoms with E-state index in [9.17, 15) is 57.5 Å². The highest BCUT2D eigenvalue weighted by Gasteiger charge is 2.87. The predicted octanol–water partition coefficient (Wildman–Crippen LogP) is 3.71. The molecule has 1 fully saturated rings. The topological polar surface area (TPSA) is 48.0 Å². The number of carbonyl (C=O) groups is 1. The van der Waals surface area contributed by atoms with Crippen LogP contribution in [-0.2, 0) is 19.0 Å². The number of ether oxygens (including phenoxy) is 3. The van der Waals surface area contributed by atoms with E-state index in [1.54, 1.807) is 4.90 Å². The van der Waals surface area contributed by atoms with Crippen molar-refractivity contribution in [1.29, 1.82) is 0 Å². The molecule has 1 unspecified atom stereocenters. The van der Waals surface area contributed by atoms with E-state index in [0.717, 1.165) is 6.92 Å². The number of carbonyl (C=O) groups excluding carboxylic acids is 1. The van der Waals surface area contributed by atoms with Gasteiger partial charge in [0.1, 0.15) is 12.7 Å². The Hall–Kier alpha value is -1.49. The van der Waals surface area contributed by atoms with Crippen LogP contribution in [0.1, 0.15) is 6.92 Å². The largest absolute Gasteiger partial charge is 0.459 e. The molecule has 0 aromatic rings. The maximum atomic E-state index is 13.7. The van der Waals surface area contributed by atoms with Crippen LogP contribution in [0.25, 0.3) is 0 Å². The summed E-state index contributed by atoms with van der Waals surface area (Å²) in [7, 11) is 0. The third-order valence-electron chi connectivity index (χ3n) is 4.43. The minimum atomic E-state index is -7.62. The van der Waals surface area contributed by atoms with Crippen molar-refractivity contribution in [2.24, 2.45) is 0 Å². The molecule has 1 atom stereocenters. The summed E-state index contributed by atoms with van der Waals surface area (Å²) >= 11 is 0. The van der Waals surface area contributed by atoms with Gasteiger partial charge >= 0.3 is 42.0 Å². The van der Waals surface area contributed by atoms with Crippen LogP contribution in [-0.4, -0.2) is 99.1 Å². The van der Waals surface area contributed by atoms with E-state index in [0.29, 0.717) is 0 Å². The Labute approximate surface area is 178 Å². The minimum absolute atomic E-state index is 0.195. The predicted molar refractivity (Wildman–Crippen MR) is 84.4 cm³/mol. The quantitative estimate of drug-likeness (QED) is 0.292. The lowest BCUT2D eigenvalue weighted by molar-refractivity contribution is -0.415. The van der Waals surface area contributed by atoms with Crippen molar-refractivity contribution in [3.8, 4) is 0 Å². The molecule has 0 amide bonds. The van der Waals surface area contributed by atoms with E-state index >= 15 is 0 Å². The van der Waals surface area contributed by atoms with Crippen LogP contribution in [0.5, 0.6) is 0 Å². The molecular weight excluding hydrogens is 498 g/mol. The summed E-state index contributed by atoms with van der Waals surface area (Å²) in [6.45, 7) is -2.07. The van der Waals surface area contributed by atoms with E-state index in [1.165, 1.54) is 0 Å². The third kappa shape index (κ3) is 6.15. The first-order valence-corrected chi connectivity index (χ1v) is 9.03. The third-order valence-corrected chi connectivity index (χ3v) is 4.43. The molecule has 0 saturated carbocycles. The lowest BCUT2D eigenvalue weighted by Gasteiger charge is -2.39. The summed E-state index contributed by atoms with van der Waals surface area (Å²) in [6.07, 6.45) is -6.96. The maximum Gasteiger partial charge on any atom is 0.384 e. The van der Waals surface area contributed by atoms with Gasteiger partial charge in [-0.15, -0.1) is 0 Å². The van der Waals surface area contributed by atoms with Gasteiger partial charge in [0.25, 0.3) is 0 Å². The van der Waals surface area contributed by atoms with Crippen LogP contribution in [0.3, 0.4) is 0 Å². The minimum Gasteiger partial charge on any atom is -0.459 e. The normalized spacial score (nSPS) is 18.5. The molecule has 0 spiro atoms. The maximum absolute atomic E-state index is 13.7. The van der Waals surface area contributed by atoms with E-state index < -0.39 is 61.3 Å². The second kappa shape index (κ2) is 10.4. The molecule has 0 aliphatic carbocycles. The van der Waals surface area contributed by atoms with Gasteiger partial charge in [-0.05, 0) is 0 Å². The molecule has 17 heteroatoms. The van der Waals surface area contributed by atoms with Crippen molar-refractivity contribution in [1.82, 2.24) is 4.90 Å². The van der Waals surface area contributed by atoms with Gasteiger partial charge in [-0.25, -0.2) is 8.78 Å². The Morgan fingerprint density at radius 1 is 0.909 bits per heavy atom. The molecule has 33 heavy (non-hydrogen) atoms. The molecule has 0 aromatic carbocycles. The highest BCUT2D eigenvalue weighted by Crippen LogP contribution is 2.58. The summed E-state index contributed by atoms with van der Waals surface area (Å²) < 4.78 is 172. The number of esters is 1. The Balaban J connectivity index is 2.94. The van der Waals surface area contributed by atoms with Crippen LogP contribution in [0, 0.1) is 0 Å². The molecule has 1 aliphatic heterocycles. The second-order valence-corrected chi connectivity index (χ2v) is 7.01. The average Bonchev–Trinajstić information content (AvgIpc) is 2.67. The molecule has 0 bridgehead atoms. The number of alkyl halides is 12. The van der Waals surface area contributed by atoms with E-state index in [2.05, 4.69) is 4.74 Å². The molecule has 196 valence electrons. The van der Waals surface area contributed by atoms with Gasteiger partial charge in [-0.1, -0.05) is 0 Å². The zero-order valence-electron chi connectivity index (χ0n) is 16.7. The molecule has 1 aliphatic rings. The number of rotatable bonds is 12. The molecular formula is C16H19F12NO4. The summed E-state index contributed by atoms with van der Waals surface area (Å²) in [5, 5.41) is 0. The van der Waals surface area contributed by atoms with Crippen molar-refractivity contribution < 1.29 is 71.7 Å². The monoisotopic (exact) mass is 517 g/mol. The van der Waals surface area contributed by atoms with Crippen molar-refractivity contribution >= 4 is 5.97 Å². The lowest BCUT2D eigenvalue weighted by Crippen LogP contribution is -2.69. The van der Waals surface area contributed by atoms with Gasteiger partial charge in [-0.2, -0.15) is 43.9 Å². The molecule has 5 nitrogen and oxygen atoms in total. The van der Waals surface area contributed by atoms with Crippen LogP contribution < -0.4 is 0 Å². The summed E-state index contributed by atoms with van der Waals surface area (Å²) in [5.41, 5.74) is 0. The highest BCUT2D eigenvalue weighted by molar-refractivity contribution is 5.66. The van der Waals surface area contributed by atoms with Gasteiger partial charge in [0.2, 0.25) is 0 Å². The fourth-order valence-electron chi connectivity index (χ4n) is 2.61. The Morgan fingerprint density at radius 2 is 1.42 bits per heavy atom. The van der Waals surface area contributed by atoms with Crippen molar-refractivity contribution in [2.45, 2.75) is 49.1 Å². The van der Waals surface area contributed by atoms with Crippen molar-refractivity contribution in [3.63, 3.8) is 0 Å². The molecule has 1 heterocycles. The number of morpholine rings is 1. The van der Waals surface area contributed by atoms with Gasteiger partial charge in [-0.3, -0.25) is 9.69 Å². The smallest absolute Gasteiger partial charge is 0.384 e. The van der Waals surface area contributed by atoms with Crippen LogP contribution >= 0.6 is 0 Å². The van der Waals surface area contributed by atoms with Crippen molar-refractivity contribution in [2.75, 3.05) is 46.1 Å². The second-order valence-electron chi connectivity index (χ2n) is 7.01. The van der Waals surface area contributed by atoms with Gasteiger partial charge in [0.15, 0.2) is 0 Å². The Bertz CT molecular complexity index is 655. The summed E-state index contributed by atoms with van der Waals surface area (Å²) in [4.78, 5) is 12.7. The number of hydrogen-bond donors (Lipinski definition) is 0. The molecule has 0 aromatic heterocycles. The summed E-state index contributed by atoms with van der Waals surface area (Å²) in [5.74, 6) is -36.7. The zero-order valence-corrected chi connectivity index (χ0v) is 16.7. The fourth-order valence-corrected chi connectivity index (χ4v) is 2.61. The lowest BCUT2D eigenvalue weighted by atomic mass is 9.94. The van der Waals surface area contributed by atoms with Gasteiger partial charge in [0, 0.05) is 26.6 Å². The van der Waals surface area contributed by atoms with Crippen molar-refractivity contribution in [3.05, 3.63) is 0 Å². The first-order chi connectivity index (χ1) is 14.8. The van der Waals surface area contributed by atoms with E-state index in [1.807, 2.05) is 0 Å². The zero-order chi connectivity index (χ0) is 25.9. The highest BCUT2D eigenvalue weighted by atomic mass is 19.4. The van der Waals surface area contributed by atoms with E-state index in [4.69, 9.17) is 9.47 Å². The first kappa shape index (κ1) is 29.5. The number of halogens is 12. The Kier molecular flexibility index (Phi) is 9.32. The molecule has 1 rings (SSSR count). The van der Waals surface area contributed by atoms with Crippen LogP contribution in [0.2, 0.25) is 0 Å². The standard InChI is InChI=1S/C16H19F12NO4/c1-9(30)33-10(6-29-2-4-31-5-3-29)7-32-8-12(19,20)14(23,24)16(27,28)15(25,26)13(21,22)11(17)18/h10-11H,2-8H2,1H3. The number of nitrogens with zero attached hydrogens (tertiary/aromatic N) is 1. The number of hydrogen-bond acceptors (Lipinski definition) is 5. The van der Waals surface area contributed by atoms with Crippen LogP contribution in [0.15, 0.2) is 0 Å². The summed E-state index contributed by atoms with van der Waals surface area (Å²) in [6, 6.07) is 0. The Morgan fingerprint density at radius 3 is 1.88 bits per heavy atom. The molecule has 1 saturated heterocycles. The SMILES string of the molecule is CC(=O)OC(COCC(F)(F)C(F)(F)C(F)(F)C(F)(F)C(F)(F)C(F)F)CN1CCOCC1.